The Bertz CT molecular complexity index is 3880. The van der Waals surface area contributed by atoms with Gasteiger partial charge in [-0.25, -0.2) is 0 Å². The molecule has 0 N–H and O–H groups in total. The fraction of sp³-hybridized carbons (Fsp3) is 0. The maximum absolute atomic E-state index is 6.44. The van der Waals surface area contributed by atoms with Gasteiger partial charge < -0.3 is 4.42 Å². The minimum absolute atomic E-state index is 0.917. The van der Waals surface area contributed by atoms with E-state index in [4.69, 9.17) is 4.42 Å². The van der Waals surface area contributed by atoms with Crippen LogP contribution in [0.2, 0.25) is 0 Å². The summed E-state index contributed by atoms with van der Waals surface area (Å²) in [7, 11) is 0. The van der Waals surface area contributed by atoms with Gasteiger partial charge in [0.15, 0.2) is 0 Å². The van der Waals surface area contributed by atoms with Crippen molar-refractivity contribution in [3.8, 4) is 55.6 Å². The highest BCUT2D eigenvalue weighted by Gasteiger charge is 2.20. The van der Waals surface area contributed by atoms with Crippen LogP contribution in [0.1, 0.15) is 0 Å². The van der Waals surface area contributed by atoms with E-state index < -0.39 is 0 Å². The van der Waals surface area contributed by atoms with E-state index in [1.165, 1.54) is 109 Å². The van der Waals surface area contributed by atoms with Crippen LogP contribution < -0.4 is 0 Å². The lowest BCUT2D eigenvalue weighted by Crippen LogP contribution is -1.93. The summed E-state index contributed by atoms with van der Waals surface area (Å²) in [5, 5.41) is 14.6. The average Bonchev–Trinajstić information content (AvgIpc) is 3.73. The van der Waals surface area contributed by atoms with Crippen molar-refractivity contribution in [2.45, 2.75) is 0 Å². The normalized spacial score (nSPS) is 11.8. The van der Waals surface area contributed by atoms with E-state index in [1.54, 1.807) is 0 Å². The number of hydrogen-bond donors (Lipinski definition) is 0. The van der Waals surface area contributed by atoms with Crippen molar-refractivity contribution in [2.75, 3.05) is 0 Å². The Kier molecular flexibility index (Phi) is 7.98. The molecule has 0 spiro atoms. The van der Waals surface area contributed by atoms with E-state index in [2.05, 4.69) is 224 Å². The van der Waals surface area contributed by atoms with E-state index in [9.17, 15) is 0 Å². The highest BCUT2D eigenvalue weighted by molar-refractivity contribution is 6.29. The summed E-state index contributed by atoms with van der Waals surface area (Å²) in [4.78, 5) is 0. The lowest BCUT2D eigenvalue weighted by atomic mass is 9.83. The first-order valence-electron chi connectivity index (χ1n) is 21.7. The van der Waals surface area contributed by atoms with E-state index in [-0.39, 0.29) is 0 Å². The van der Waals surface area contributed by atoms with E-state index in [0.29, 0.717) is 0 Å². The average molecular weight is 799 g/mol. The van der Waals surface area contributed by atoms with Gasteiger partial charge in [-0.3, -0.25) is 0 Å². The van der Waals surface area contributed by atoms with Crippen molar-refractivity contribution < 1.29 is 4.42 Å². The van der Waals surface area contributed by atoms with Crippen molar-refractivity contribution in [3.63, 3.8) is 0 Å². The van der Waals surface area contributed by atoms with Crippen LogP contribution in [0.25, 0.3) is 131 Å². The topological polar surface area (TPSA) is 13.1 Å². The van der Waals surface area contributed by atoms with Crippen LogP contribution in [0, 0.1) is 0 Å². The molecule has 63 heavy (non-hydrogen) atoms. The second-order valence-electron chi connectivity index (χ2n) is 16.7. The van der Waals surface area contributed by atoms with E-state index in [0.717, 1.165) is 21.9 Å². The molecule has 0 atom stereocenters. The van der Waals surface area contributed by atoms with Gasteiger partial charge in [-0.05, 0) is 152 Å². The molecule has 0 aliphatic carbocycles. The van der Waals surface area contributed by atoms with Crippen molar-refractivity contribution in [1.82, 2.24) is 0 Å². The summed E-state index contributed by atoms with van der Waals surface area (Å²) < 4.78 is 6.44. The van der Waals surface area contributed by atoms with Crippen LogP contribution in [-0.2, 0) is 0 Å². The third kappa shape index (κ3) is 5.71. The first-order valence-corrected chi connectivity index (χ1v) is 21.7. The molecule has 1 heterocycles. The zero-order valence-corrected chi connectivity index (χ0v) is 34.3. The molecular formula is C62H38O. The molecule has 0 saturated carbocycles. The molecule has 13 rings (SSSR count). The first kappa shape index (κ1) is 35.5. The Labute approximate surface area is 364 Å². The molecule has 12 aromatic carbocycles. The predicted octanol–water partition coefficient (Wildman–Crippen LogP) is 17.7. The molecular weight excluding hydrogens is 761 g/mol. The van der Waals surface area contributed by atoms with Gasteiger partial charge in [0.1, 0.15) is 11.2 Å². The Morgan fingerprint density at radius 2 is 0.556 bits per heavy atom. The summed E-state index contributed by atoms with van der Waals surface area (Å²) in [6, 6.07) is 84.5. The number of rotatable bonds is 5. The summed E-state index contributed by atoms with van der Waals surface area (Å²) in [5.41, 5.74) is 13.9. The molecule has 1 nitrogen and oxygen atoms in total. The molecule has 0 fully saturated rings. The Hall–Kier alpha value is -8.26. The van der Waals surface area contributed by atoms with Crippen molar-refractivity contribution in [1.29, 1.82) is 0 Å². The molecule has 0 aliphatic heterocycles. The van der Waals surface area contributed by atoms with Crippen molar-refractivity contribution >= 4 is 75.8 Å². The van der Waals surface area contributed by atoms with Gasteiger partial charge in [-0.2, -0.15) is 0 Å². The molecule has 0 saturated heterocycles. The van der Waals surface area contributed by atoms with Crippen LogP contribution in [0.4, 0.5) is 0 Å². The Morgan fingerprint density at radius 1 is 0.175 bits per heavy atom. The Balaban J connectivity index is 1.04. The van der Waals surface area contributed by atoms with Gasteiger partial charge in [0.05, 0.1) is 0 Å². The molecule has 0 aliphatic rings. The maximum atomic E-state index is 6.44. The van der Waals surface area contributed by atoms with Crippen LogP contribution in [-0.4, -0.2) is 0 Å². The van der Waals surface area contributed by atoms with Crippen LogP contribution in [0.15, 0.2) is 235 Å². The highest BCUT2D eigenvalue weighted by Crippen LogP contribution is 2.47. The monoisotopic (exact) mass is 798 g/mol. The summed E-state index contributed by atoms with van der Waals surface area (Å²) in [5.74, 6) is 0. The summed E-state index contributed by atoms with van der Waals surface area (Å²) in [6.07, 6.45) is 0. The second-order valence-corrected chi connectivity index (χ2v) is 16.7. The number of fused-ring (bicyclic) bond motifs is 11. The number of hydrogen-bond acceptors (Lipinski definition) is 1. The standard InChI is InChI=1S/C62H38O/c1-3-15-39(16-4-1)41-27-29-42(30-28-41)45-33-44(40-17-5-2-6-18-40)34-46(35-45)62-53-24-11-9-22-51(53)61(52-23-10-12-25-54(52)62)43-31-32-49-55(36-43)47-19-7-8-20-48(47)56-37-58-50-21-13-14-26-59(50)63-60(58)38-57(49)56/h1-38H. The lowest BCUT2D eigenvalue weighted by Gasteiger charge is -2.20. The number of para-hydroxylation sites is 1. The highest BCUT2D eigenvalue weighted by atomic mass is 16.3. The zero-order chi connectivity index (χ0) is 41.4. The van der Waals surface area contributed by atoms with Gasteiger partial charge in [0.2, 0.25) is 0 Å². The van der Waals surface area contributed by atoms with Crippen molar-refractivity contribution in [2.24, 2.45) is 0 Å². The minimum atomic E-state index is 0.917. The molecule has 0 unspecified atom stereocenters. The minimum Gasteiger partial charge on any atom is -0.456 e. The van der Waals surface area contributed by atoms with E-state index in [1.807, 2.05) is 6.07 Å². The molecule has 1 heteroatoms. The van der Waals surface area contributed by atoms with Gasteiger partial charge in [0, 0.05) is 10.8 Å². The maximum Gasteiger partial charge on any atom is 0.136 e. The first-order chi connectivity index (χ1) is 31.2. The van der Waals surface area contributed by atoms with Gasteiger partial charge in [-0.1, -0.05) is 188 Å². The molecule has 13 aromatic rings. The third-order valence-electron chi connectivity index (χ3n) is 13.2. The fourth-order valence-electron chi connectivity index (χ4n) is 10.3. The molecule has 0 amide bonds. The van der Waals surface area contributed by atoms with Crippen LogP contribution >= 0.6 is 0 Å². The van der Waals surface area contributed by atoms with Gasteiger partial charge in [0.25, 0.3) is 0 Å². The SMILES string of the molecule is c1ccc(-c2ccc(-c3cc(-c4ccccc4)cc(-c4c5ccccc5c(-c5ccc6c(c5)c5ccccc5c5cc7c(cc65)oc5ccccc57)c5ccccc45)c3)cc2)cc1. The van der Waals surface area contributed by atoms with Crippen LogP contribution in [0.3, 0.4) is 0 Å². The Morgan fingerprint density at radius 3 is 1.14 bits per heavy atom. The van der Waals surface area contributed by atoms with Gasteiger partial charge in [-0.15, -0.1) is 0 Å². The number of benzene rings is 12. The molecule has 0 bridgehead atoms. The number of furan rings is 1. The largest absolute Gasteiger partial charge is 0.456 e. The fourth-order valence-corrected chi connectivity index (χ4v) is 10.3. The summed E-state index contributed by atoms with van der Waals surface area (Å²) >= 11 is 0. The van der Waals surface area contributed by atoms with Gasteiger partial charge >= 0.3 is 0 Å². The van der Waals surface area contributed by atoms with Crippen molar-refractivity contribution in [3.05, 3.63) is 231 Å². The zero-order valence-electron chi connectivity index (χ0n) is 34.3. The molecule has 1 aromatic heterocycles. The second kappa shape index (κ2) is 14.2. The lowest BCUT2D eigenvalue weighted by molar-refractivity contribution is 0.669. The molecule has 292 valence electrons. The molecule has 0 radical (unpaired) electrons. The quantitative estimate of drug-likeness (QED) is 0.125. The predicted molar refractivity (Wildman–Crippen MR) is 268 cm³/mol. The smallest absolute Gasteiger partial charge is 0.136 e. The van der Waals surface area contributed by atoms with Crippen LogP contribution in [0.5, 0.6) is 0 Å². The van der Waals surface area contributed by atoms with E-state index >= 15 is 0 Å². The summed E-state index contributed by atoms with van der Waals surface area (Å²) in [6.45, 7) is 0. The third-order valence-corrected chi connectivity index (χ3v) is 13.2.